The molecule has 0 saturated carbocycles. The van der Waals surface area contributed by atoms with Crippen molar-refractivity contribution in [2.75, 3.05) is 54.0 Å². The highest BCUT2D eigenvalue weighted by molar-refractivity contribution is 8.02. The summed E-state index contributed by atoms with van der Waals surface area (Å²) in [6.45, 7) is 16.7. The van der Waals surface area contributed by atoms with Gasteiger partial charge >= 0.3 is 0 Å². The Morgan fingerprint density at radius 3 is 2.11 bits per heavy atom. The summed E-state index contributed by atoms with van der Waals surface area (Å²) < 4.78 is -0.758. The first-order chi connectivity index (χ1) is 21.8. The molecule has 9 heteroatoms. The number of para-hydroxylation sites is 1. The molecule has 45 heavy (non-hydrogen) atoms. The third-order valence-corrected chi connectivity index (χ3v) is 11.9. The molecule has 0 aromatic heterocycles. The van der Waals surface area contributed by atoms with Gasteiger partial charge in [0.05, 0.1) is 16.6 Å². The van der Waals surface area contributed by atoms with E-state index in [1.165, 1.54) is 0 Å². The number of anilines is 3. The van der Waals surface area contributed by atoms with Crippen molar-refractivity contribution < 1.29 is 19.5 Å². The lowest BCUT2D eigenvalue weighted by atomic mass is 9.65. The van der Waals surface area contributed by atoms with Crippen molar-refractivity contribution in [2.45, 2.75) is 49.7 Å². The second-order valence-corrected chi connectivity index (χ2v) is 13.7. The van der Waals surface area contributed by atoms with Crippen LogP contribution in [0.15, 0.2) is 79.9 Å². The zero-order valence-corrected chi connectivity index (χ0v) is 27.5. The quantitative estimate of drug-likeness (QED) is 0.296. The summed E-state index contributed by atoms with van der Waals surface area (Å²) >= 11 is 1.67. The predicted molar refractivity (Wildman–Crippen MR) is 184 cm³/mol. The Kier molecular flexibility index (Phi) is 10.1. The number of benzene rings is 2. The van der Waals surface area contributed by atoms with Gasteiger partial charge in [-0.15, -0.1) is 24.9 Å². The first kappa shape index (κ1) is 32.8. The van der Waals surface area contributed by atoms with E-state index in [0.29, 0.717) is 13.0 Å². The molecule has 3 fully saturated rings. The Morgan fingerprint density at radius 1 is 0.956 bits per heavy atom. The van der Waals surface area contributed by atoms with Gasteiger partial charge in [0.1, 0.15) is 6.04 Å². The highest BCUT2D eigenvalue weighted by Crippen LogP contribution is 2.69. The monoisotopic (exact) mass is 630 g/mol. The summed E-state index contributed by atoms with van der Waals surface area (Å²) in [5.74, 6) is -1.59. The van der Waals surface area contributed by atoms with Crippen molar-refractivity contribution in [2.24, 2.45) is 17.8 Å². The van der Waals surface area contributed by atoms with Crippen LogP contribution in [0.4, 0.5) is 17.1 Å². The van der Waals surface area contributed by atoms with Crippen molar-refractivity contribution >= 4 is 46.5 Å². The van der Waals surface area contributed by atoms with E-state index in [-0.39, 0.29) is 48.6 Å². The summed E-state index contributed by atoms with van der Waals surface area (Å²) in [6, 6.07) is 16.7. The molecule has 2 aromatic carbocycles. The molecule has 3 aliphatic heterocycles. The van der Waals surface area contributed by atoms with E-state index in [9.17, 15) is 19.5 Å². The minimum atomic E-state index is -0.767. The molecule has 3 saturated heterocycles. The fraction of sp³-hybridized carbons (Fsp3) is 0.472. The summed E-state index contributed by atoms with van der Waals surface area (Å²) in [4.78, 5) is 51.2. The van der Waals surface area contributed by atoms with E-state index in [1.54, 1.807) is 38.6 Å². The summed E-state index contributed by atoms with van der Waals surface area (Å²) in [5, 5.41) is 9.70. The van der Waals surface area contributed by atoms with Crippen molar-refractivity contribution in [1.82, 2.24) is 4.90 Å². The number of aliphatic hydroxyl groups excluding tert-OH is 1. The van der Waals surface area contributed by atoms with Crippen LogP contribution in [-0.4, -0.2) is 83.1 Å². The molecule has 6 atom stereocenters. The number of thioether (sulfide) groups is 1. The molecule has 3 unspecified atom stereocenters. The third kappa shape index (κ3) is 5.58. The van der Waals surface area contributed by atoms with Crippen LogP contribution in [0.1, 0.15) is 33.6 Å². The lowest BCUT2D eigenvalue weighted by molar-refractivity contribution is -0.139. The van der Waals surface area contributed by atoms with Gasteiger partial charge in [-0.3, -0.25) is 14.4 Å². The number of rotatable bonds is 14. The molecular weight excluding hydrogens is 584 g/mol. The Bertz CT molecular complexity index is 1400. The maximum atomic E-state index is 14.9. The highest BCUT2D eigenvalue weighted by atomic mass is 32.2. The maximum absolute atomic E-state index is 14.9. The molecule has 8 nitrogen and oxygen atoms in total. The standard InChI is InChI=1S/C36H46N4O4S/c1-6-20-38(27-14-11-10-12-15-27)33(42)30-29-24-25(5)36(45-29)31(30)34(43)40(22-13-23-41)32(36)35(44)39(21-7-2)28-18-16-26(17-19-28)37(8-3)9-4/h6-7,10-12,14-19,25,29-32,41H,1-2,8-9,13,20-24H2,3-5H3/t25?,29-,30+,31-,32?,36?/m0/s1. The van der Waals surface area contributed by atoms with Gasteiger partial charge in [0.15, 0.2) is 0 Å². The van der Waals surface area contributed by atoms with E-state index in [4.69, 9.17) is 0 Å². The molecule has 240 valence electrons. The van der Waals surface area contributed by atoms with Gasteiger partial charge in [0.2, 0.25) is 11.8 Å². The molecule has 3 heterocycles. The molecule has 1 N–H and O–H groups in total. The topological polar surface area (TPSA) is 84.4 Å². The lowest BCUT2D eigenvalue weighted by Crippen LogP contribution is -2.57. The number of fused-ring (bicyclic) bond motifs is 1. The highest BCUT2D eigenvalue weighted by Gasteiger charge is 2.76. The summed E-state index contributed by atoms with van der Waals surface area (Å²) in [6.07, 6.45) is 4.52. The number of carbonyl (C=O) groups is 3. The zero-order chi connectivity index (χ0) is 32.3. The van der Waals surface area contributed by atoms with Gasteiger partial charge in [-0.1, -0.05) is 37.3 Å². The maximum Gasteiger partial charge on any atom is 0.251 e. The molecule has 3 aliphatic rings. The van der Waals surface area contributed by atoms with E-state index in [0.717, 1.165) is 36.6 Å². The van der Waals surface area contributed by atoms with Crippen LogP contribution in [0.2, 0.25) is 0 Å². The lowest BCUT2D eigenvalue weighted by Gasteiger charge is -2.41. The Balaban J connectivity index is 1.55. The number of carbonyl (C=O) groups excluding carboxylic acids is 3. The molecule has 1 spiro atoms. The number of aliphatic hydroxyl groups is 1. The third-order valence-electron chi connectivity index (χ3n) is 9.83. The second kappa shape index (κ2) is 13.8. The van der Waals surface area contributed by atoms with Crippen LogP contribution in [0.25, 0.3) is 0 Å². The van der Waals surface area contributed by atoms with E-state index in [1.807, 2.05) is 54.6 Å². The smallest absolute Gasteiger partial charge is 0.251 e. The van der Waals surface area contributed by atoms with E-state index < -0.39 is 22.6 Å². The molecular formula is C36H46N4O4S. The normalized spacial score (nSPS) is 26.4. The first-order valence-corrected chi connectivity index (χ1v) is 17.0. The number of amides is 3. The number of hydrogen-bond acceptors (Lipinski definition) is 6. The molecule has 2 bridgehead atoms. The van der Waals surface area contributed by atoms with Crippen molar-refractivity contribution in [1.29, 1.82) is 0 Å². The average Bonchev–Trinajstić information content (AvgIpc) is 3.65. The average molecular weight is 631 g/mol. The largest absolute Gasteiger partial charge is 0.396 e. The second-order valence-electron chi connectivity index (χ2n) is 12.2. The fourth-order valence-electron chi connectivity index (χ4n) is 7.83. The van der Waals surface area contributed by atoms with E-state index in [2.05, 4.69) is 38.8 Å². The van der Waals surface area contributed by atoms with Gasteiger partial charge in [-0.25, -0.2) is 0 Å². The van der Waals surface area contributed by atoms with Gasteiger partial charge in [0.25, 0.3) is 5.91 Å². The van der Waals surface area contributed by atoms with Gasteiger partial charge in [-0.2, -0.15) is 0 Å². The van der Waals surface area contributed by atoms with E-state index >= 15 is 0 Å². The van der Waals surface area contributed by atoms with Crippen LogP contribution < -0.4 is 14.7 Å². The Labute approximate surface area is 271 Å². The van der Waals surface area contributed by atoms with Crippen molar-refractivity contribution in [3.05, 3.63) is 79.9 Å². The SMILES string of the molecule is C=CCN(C(=O)C1N(CCCO)C(=O)[C@@H]2[C@H](C(=O)N(CC=C)c3ccccc3)[C@@H]3CC(C)C12S3)c1ccc(N(CC)CC)cc1. The van der Waals surface area contributed by atoms with Crippen LogP contribution in [0, 0.1) is 17.8 Å². The number of likely N-dealkylation sites (tertiary alicyclic amines) is 1. The summed E-state index contributed by atoms with van der Waals surface area (Å²) in [7, 11) is 0. The Hall–Kier alpha value is -3.56. The first-order valence-electron chi connectivity index (χ1n) is 16.1. The van der Waals surface area contributed by atoms with Crippen LogP contribution in [-0.2, 0) is 14.4 Å². The summed E-state index contributed by atoms with van der Waals surface area (Å²) in [5.41, 5.74) is 2.58. The number of nitrogens with zero attached hydrogens (tertiary/aromatic N) is 4. The minimum Gasteiger partial charge on any atom is -0.396 e. The van der Waals surface area contributed by atoms with Crippen LogP contribution in [0.5, 0.6) is 0 Å². The van der Waals surface area contributed by atoms with Crippen LogP contribution >= 0.6 is 11.8 Å². The molecule has 2 aromatic rings. The van der Waals surface area contributed by atoms with Crippen molar-refractivity contribution in [3.8, 4) is 0 Å². The molecule has 0 aliphatic carbocycles. The zero-order valence-electron chi connectivity index (χ0n) is 26.7. The van der Waals surface area contributed by atoms with Crippen molar-refractivity contribution in [3.63, 3.8) is 0 Å². The fourth-order valence-corrected chi connectivity index (χ4v) is 10.2. The van der Waals surface area contributed by atoms with Gasteiger partial charge in [-0.05, 0) is 69.0 Å². The van der Waals surface area contributed by atoms with Crippen LogP contribution in [0.3, 0.4) is 0 Å². The predicted octanol–water partition coefficient (Wildman–Crippen LogP) is 4.99. The van der Waals surface area contributed by atoms with Gasteiger partial charge < -0.3 is 24.7 Å². The van der Waals surface area contributed by atoms with Gasteiger partial charge in [0, 0.05) is 61.6 Å². The molecule has 0 radical (unpaired) electrons. The minimum absolute atomic E-state index is 0.0405. The Morgan fingerprint density at radius 2 is 1.53 bits per heavy atom. The number of hydrogen-bond donors (Lipinski definition) is 1. The molecule has 5 rings (SSSR count). The molecule has 3 amide bonds.